The quantitative estimate of drug-likeness (QED) is 0.165. The minimum atomic E-state index is 0.320. The zero-order chi connectivity index (χ0) is 39.9. The molecule has 6 aromatic heterocycles. The molecule has 0 N–H and O–H groups in total. The molecule has 0 amide bonds. The summed E-state index contributed by atoms with van der Waals surface area (Å²) in [6, 6.07) is 31.6. The van der Waals surface area contributed by atoms with Gasteiger partial charge in [0.25, 0.3) is 0 Å². The largest absolute Gasteiger partial charge is 0.297 e. The highest BCUT2D eigenvalue weighted by Crippen LogP contribution is 2.39. The molecule has 0 atom stereocenters. The minimum Gasteiger partial charge on any atom is -0.297 e. The molecule has 0 saturated heterocycles. The second kappa shape index (κ2) is 15.8. The van der Waals surface area contributed by atoms with E-state index in [2.05, 4.69) is 44.2 Å². The molecule has 10 aromatic rings. The van der Waals surface area contributed by atoms with Gasteiger partial charge in [-0.25, -0.2) is 9.97 Å². The number of rotatable bonds is 6. The van der Waals surface area contributed by atoms with E-state index in [1.807, 2.05) is 92.7 Å². The first-order chi connectivity index (χ1) is 28.3. The number of hydrogen-bond donors (Lipinski definition) is 0. The van der Waals surface area contributed by atoms with Gasteiger partial charge < -0.3 is 0 Å². The smallest absolute Gasteiger partial charge is 0.108 e. The van der Waals surface area contributed by atoms with Crippen LogP contribution in [0.15, 0.2) is 121 Å². The Balaban J connectivity index is 0.000000150. The topological polar surface area (TPSA) is 109 Å². The molecule has 0 spiro atoms. The number of fused-ring (bicyclic) bond motifs is 6. The van der Waals surface area contributed by atoms with E-state index in [9.17, 15) is 0 Å². The Morgan fingerprint density at radius 3 is 1.34 bits per heavy atom. The molecule has 280 valence electrons. The van der Waals surface area contributed by atoms with Gasteiger partial charge in [-0.3, -0.25) is 19.1 Å². The van der Waals surface area contributed by atoms with Crippen molar-refractivity contribution in [3.63, 3.8) is 0 Å². The molecule has 0 radical (unpaired) electrons. The van der Waals surface area contributed by atoms with E-state index >= 15 is 0 Å². The number of hydrogen-bond acceptors (Lipinski definition) is 8. The van der Waals surface area contributed by atoms with Crippen molar-refractivity contribution in [2.75, 3.05) is 0 Å². The number of imidazole rings is 2. The third kappa shape index (κ3) is 6.95. The molecule has 0 aliphatic rings. The van der Waals surface area contributed by atoms with Gasteiger partial charge in [-0.2, -0.15) is 10.5 Å². The Hall–Kier alpha value is -5.82. The number of benzene rings is 4. The first-order valence-corrected chi connectivity index (χ1v) is 20.9. The summed E-state index contributed by atoms with van der Waals surface area (Å²) in [4.78, 5) is 20.3. The third-order valence-electron chi connectivity index (χ3n) is 9.61. The van der Waals surface area contributed by atoms with Crippen molar-refractivity contribution < 1.29 is 0 Å². The van der Waals surface area contributed by atoms with Crippen LogP contribution < -0.4 is 0 Å². The van der Waals surface area contributed by atoms with Crippen LogP contribution in [-0.2, 0) is 12.8 Å². The van der Waals surface area contributed by atoms with Crippen molar-refractivity contribution in [3.8, 4) is 44.4 Å². The molecular weight excluding hydrogens is 846 g/mol. The molecule has 0 fully saturated rings. The number of nitrogens with zero attached hydrogens (tertiary/aromatic N) is 8. The molecule has 8 nitrogen and oxygen atoms in total. The van der Waals surface area contributed by atoms with Crippen LogP contribution in [0.3, 0.4) is 0 Å². The summed E-state index contributed by atoms with van der Waals surface area (Å²) in [5.41, 5.74) is 10.3. The van der Waals surface area contributed by atoms with Gasteiger partial charge >= 0.3 is 0 Å². The monoisotopic (exact) mass is 868 g/mol. The summed E-state index contributed by atoms with van der Waals surface area (Å²) in [6.45, 7) is 0. The summed E-state index contributed by atoms with van der Waals surface area (Å²) in [6.07, 6.45) is 7.62. The summed E-state index contributed by atoms with van der Waals surface area (Å²) in [5.74, 6) is 0. The van der Waals surface area contributed by atoms with Crippen LogP contribution >= 0.6 is 69.1 Å². The number of aromatic nitrogens is 6. The van der Waals surface area contributed by atoms with Crippen LogP contribution in [0.25, 0.3) is 76.1 Å². The standard InChI is InChI=1S/2C22H12Cl2N4S/c2*23-16-10-18-15(9-14(16)21-2-1-7-29-21)22-19(11-26-18)27-12-28(22)20-4-3-13(5-6-25)8-17(20)24/h2*1-4,7-12H,5H2. The van der Waals surface area contributed by atoms with Crippen molar-refractivity contribution in [3.05, 3.63) is 152 Å². The molecule has 6 heterocycles. The maximum absolute atomic E-state index is 8.93. The van der Waals surface area contributed by atoms with E-state index in [1.54, 1.807) is 47.7 Å². The van der Waals surface area contributed by atoms with Gasteiger partial charge in [0.05, 0.1) is 90.9 Å². The Morgan fingerprint density at radius 1 is 0.517 bits per heavy atom. The fourth-order valence-electron chi connectivity index (χ4n) is 6.93. The van der Waals surface area contributed by atoms with Gasteiger partial charge in [-0.05, 0) is 82.6 Å². The highest BCUT2D eigenvalue weighted by Gasteiger charge is 2.18. The molecule has 0 aliphatic heterocycles. The van der Waals surface area contributed by atoms with Crippen molar-refractivity contribution in [1.82, 2.24) is 29.1 Å². The maximum Gasteiger partial charge on any atom is 0.108 e. The first-order valence-electron chi connectivity index (χ1n) is 17.6. The average Bonchev–Trinajstić information content (AvgIpc) is 4.06. The molecular formula is C44H24Cl4N8S2. The Kier molecular flexibility index (Phi) is 10.3. The van der Waals surface area contributed by atoms with Gasteiger partial charge in [-0.15, -0.1) is 22.7 Å². The number of thiophene rings is 2. The van der Waals surface area contributed by atoms with E-state index < -0.39 is 0 Å². The van der Waals surface area contributed by atoms with E-state index in [0.29, 0.717) is 32.9 Å². The normalized spacial score (nSPS) is 11.2. The van der Waals surface area contributed by atoms with Gasteiger partial charge in [0.2, 0.25) is 0 Å². The van der Waals surface area contributed by atoms with Gasteiger partial charge in [0, 0.05) is 31.7 Å². The van der Waals surface area contributed by atoms with Crippen LogP contribution in [0.1, 0.15) is 11.1 Å². The molecule has 58 heavy (non-hydrogen) atoms. The number of nitriles is 2. The molecule has 0 unspecified atom stereocenters. The van der Waals surface area contributed by atoms with Crippen molar-refractivity contribution in [1.29, 1.82) is 10.5 Å². The molecule has 10 rings (SSSR count). The van der Waals surface area contributed by atoms with Crippen molar-refractivity contribution >= 4 is 113 Å². The second-order valence-electron chi connectivity index (χ2n) is 13.1. The summed E-state index contributed by atoms with van der Waals surface area (Å²) in [7, 11) is 0. The van der Waals surface area contributed by atoms with Crippen molar-refractivity contribution in [2.45, 2.75) is 12.8 Å². The number of pyridine rings is 2. The van der Waals surface area contributed by atoms with Gasteiger partial charge in [0.15, 0.2) is 0 Å². The fourth-order valence-corrected chi connectivity index (χ4v) is 9.66. The van der Waals surface area contributed by atoms with Crippen LogP contribution in [0.4, 0.5) is 0 Å². The zero-order valence-corrected chi connectivity index (χ0v) is 34.5. The van der Waals surface area contributed by atoms with Crippen LogP contribution in [-0.4, -0.2) is 29.1 Å². The second-order valence-corrected chi connectivity index (χ2v) is 16.6. The fraction of sp³-hybridized carbons (Fsp3) is 0.0455. The maximum atomic E-state index is 8.93. The average molecular weight is 871 g/mol. The third-order valence-corrected chi connectivity index (χ3v) is 12.6. The highest BCUT2D eigenvalue weighted by atomic mass is 35.5. The molecule has 0 bridgehead atoms. The Morgan fingerprint density at radius 2 is 0.966 bits per heavy atom. The SMILES string of the molecule is N#CCc1ccc(-n2cnc3cnc4cc(Cl)c(-c5cccs5)cc4c32)c(Cl)c1.N#CCc1ccc(-n2cnc3cnc4cc(Cl)c(-c5cccs5)cc4c32)c(Cl)c1. The lowest BCUT2D eigenvalue weighted by atomic mass is 10.1. The Labute approximate surface area is 359 Å². The molecule has 4 aromatic carbocycles. The van der Waals surface area contributed by atoms with E-state index in [0.717, 1.165) is 87.3 Å². The summed E-state index contributed by atoms with van der Waals surface area (Å²) < 4.78 is 3.92. The lowest BCUT2D eigenvalue weighted by molar-refractivity contribution is 1.09. The summed E-state index contributed by atoms with van der Waals surface area (Å²) in [5, 5.41) is 26.3. The van der Waals surface area contributed by atoms with Crippen LogP contribution in [0.5, 0.6) is 0 Å². The van der Waals surface area contributed by atoms with E-state index in [1.165, 1.54) is 0 Å². The van der Waals surface area contributed by atoms with Gasteiger partial charge in [0.1, 0.15) is 23.7 Å². The van der Waals surface area contributed by atoms with Gasteiger partial charge in [-0.1, -0.05) is 70.7 Å². The predicted octanol–water partition coefficient (Wildman–Crippen LogP) is 13.4. The highest BCUT2D eigenvalue weighted by molar-refractivity contribution is 7.14. The van der Waals surface area contributed by atoms with Crippen molar-refractivity contribution in [2.24, 2.45) is 0 Å². The molecule has 0 aliphatic carbocycles. The predicted molar refractivity (Wildman–Crippen MR) is 238 cm³/mol. The molecule has 14 heteroatoms. The lowest BCUT2D eigenvalue weighted by Crippen LogP contribution is -1.96. The van der Waals surface area contributed by atoms with E-state index in [-0.39, 0.29) is 0 Å². The lowest BCUT2D eigenvalue weighted by Gasteiger charge is -2.11. The first kappa shape index (κ1) is 37.7. The zero-order valence-electron chi connectivity index (χ0n) is 29.9. The summed E-state index contributed by atoms with van der Waals surface area (Å²) >= 11 is 29.5. The Bertz CT molecular complexity index is 3050. The van der Waals surface area contributed by atoms with Crippen LogP contribution in [0, 0.1) is 22.7 Å². The van der Waals surface area contributed by atoms with Crippen LogP contribution in [0.2, 0.25) is 20.1 Å². The minimum absolute atomic E-state index is 0.320. The molecule has 0 saturated carbocycles. The van der Waals surface area contributed by atoms with E-state index in [4.69, 9.17) is 56.9 Å². The number of halogens is 4.